The fourth-order valence-corrected chi connectivity index (χ4v) is 7.81. The fourth-order valence-electron chi connectivity index (χ4n) is 7.81. The Kier molecular flexibility index (Phi) is 8.16. The largest absolute Gasteiger partial charge is 0.497 e. The van der Waals surface area contributed by atoms with Crippen LogP contribution in [-0.4, -0.2) is 81.3 Å². The number of amides is 1. The summed E-state index contributed by atoms with van der Waals surface area (Å²) in [6.07, 6.45) is 11.2. The van der Waals surface area contributed by atoms with Gasteiger partial charge >= 0.3 is 0 Å². The van der Waals surface area contributed by atoms with Gasteiger partial charge in [-0.1, -0.05) is 38.3 Å². The lowest BCUT2D eigenvalue weighted by atomic mass is 9.70. The van der Waals surface area contributed by atoms with Crippen LogP contribution in [0.5, 0.6) is 5.75 Å². The van der Waals surface area contributed by atoms with Crippen LogP contribution in [0.4, 0.5) is 0 Å². The number of rotatable bonds is 7. The molecule has 0 spiro atoms. The van der Waals surface area contributed by atoms with E-state index in [1.807, 2.05) is 16.8 Å². The molecular weight excluding hydrogens is 490 g/mol. The number of ether oxygens (including phenoxy) is 1. The summed E-state index contributed by atoms with van der Waals surface area (Å²) >= 11 is 0. The van der Waals surface area contributed by atoms with Crippen LogP contribution >= 0.6 is 0 Å². The van der Waals surface area contributed by atoms with E-state index in [0.29, 0.717) is 18.5 Å². The quantitative estimate of drug-likeness (QED) is 0.579. The Balaban J connectivity index is 1.25. The van der Waals surface area contributed by atoms with Crippen molar-refractivity contribution in [2.45, 2.75) is 89.4 Å². The number of hydrogen-bond donors (Lipinski definition) is 1. The summed E-state index contributed by atoms with van der Waals surface area (Å²) in [6, 6.07) is 8.99. The smallest absolute Gasteiger partial charge is 0.225 e. The van der Waals surface area contributed by atoms with Crippen LogP contribution < -0.4 is 10.1 Å². The molecule has 2 aliphatic carbocycles. The maximum absolute atomic E-state index is 13.7. The maximum atomic E-state index is 13.7. The SMILES string of the molecule is COc1ccc(Cn2nnnc2[C@H](C2CC3CC(C)CCC3NC2=O)N2CCN(C3CCCCC3)CC2)cc1. The molecule has 4 unspecified atom stereocenters. The van der Waals surface area contributed by atoms with E-state index in [-0.39, 0.29) is 17.9 Å². The molecule has 0 bridgehead atoms. The van der Waals surface area contributed by atoms with Crippen molar-refractivity contribution in [1.82, 2.24) is 35.3 Å². The van der Waals surface area contributed by atoms with E-state index in [1.165, 1.54) is 44.9 Å². The van der Waals surface area contributed by atoms with Crippen molar-refractivity contribution in [2.75, 3.05) is 33.3 Å². The van der Waals surface area contributed by atoms with E-state index in [2.05, 4.69) is 49.7 Å². The molecule has 1 aromatic heterocycles. The van der Waals surface area contributed by atoms with Gasteiger partial charge in [-0.05, 0) is 78.5 Å². The van der Waals surface area contributed by atoms with Gasteiger partial charge in [-0.15, -0.1) is 5.10 Å². The van der Waals surface area contributed by atoms with Gasteiger partial charge in [0.25, 0.3) is 0 Å². The predicted octanol–water partition coefficient (Wildman–Crippen LogP) is 3.66. The summed E-state index contributed by atoms with van der Waals surface area (Å²) in [4.78, 5) is 18.9. The van der Waals surface area contributed by atoms with Crippen LogP contribution in [0.25, 0.3) is 0 Å². The monoisotopic (exact) mass is 535 g/mol. The van der Waals surface area contributed by atoms with Crippen molar-refractivity contribution in [1.29, 1.82) is 0 Å². The normalized spacial score (nSPS) is 29.9. The van der Waals surface area contributed by atoms with Crippen molar-refractivity contribution >= 4 is 5.91 Å². The molecule has 2 aliphatic heterocycles. The Morgan fingerprint density at radius 2 is 1.77 bits per heavy atom. The van der Waals surface area contributed by atoms with Crippen LogP contribution in [0.1, 0.15) is 82.1 Å². The van der Waals surface area contributed by atoms with Gasteiger partial charge < -0.3 is 10.1 Å². The molecule has 1 aromatic carbocycles. The van der Waals surface area contributed by atoms with Gasteiger partial charge in [0.05, 0.1) is 25.6 Å². The Bertz CT molecular complexity index is 1090. The van der Waals surface area contributed by atoms with E-state index < -0.39 is 0 Å². The minimum absolute atomic E-state index is 0.120. The first-order chi connectivity index (χ1) is 19.1. The van der Waals surface area contributed by atoms with Crippen molar-refractivity contribution < 1.29 is 9.53 Å². The molecule has 3 heterocycles. The third kappa shape index (κ3) is 5.85. The minimum atomic E-state index is -0.140. The van der Waals surface area contributed by atoms with Crippen LogP contribution in [0.15, 0.2) is 24.3 Å². The zero-order valence-electron chi connectivity index (χ0n) is 23.7. The summed E-state index contributed by atoms with van der Waals surface area (Å²) in [5.74, 6) is 2.95. The second-order valence-corrected chi connectivity index (χ2v) is 12.5. The van der Waals surface area contributed by atoms with E-state index in [1.54, 1.807) is 7.11 Å². The number of hydrogen-bond acceptors (Lipinski definition) is 7. The zero-order chi connectivity index (χ0) is 26.8. The van der Waals surface area contributed by atoms with Crippen LogP contribution in [0.3, 0.4) is 0 Å². The number of nitrogens with one attached hydrogen (secondary N) is 1. The number of aromatic nitrogens is 4. The number of carbonyl (C=O) groups is 1. The summed E-state index contributed by atoms with van der Waals surface area (Å²) < 4.78 is 7.26. The first-order valence-corrected chi connectivity index (χ1v) is 15.3. The van der Waals surface area contributed by atoms with Gasteiger partial charge in [-0.3, -0.25) is 14.6 Å². The number of tetrazole rings is 1. The van der Waals surface area contributed by atoms with Crippen LogP contribution in [0.2, 0.25) is 0 Å². The van der Waals surface area contributed by atoms with E-state index in [4.69, 9.17) is 4.74 Å². The van der Waals surface area contributed by atoms with E-state index in [0.717, 1.165) is 68.1 Å². The lowest BCUT2D eigenvalue weighted by Crippen LogP contribution is -2.57. The number of piperazine rings is 1. The molecule has 2 saturated carbocycles. The number of fused-ring (bicyclic) bond motifs is 1. The lowest BCUT2D eigenvalue weighted by molar-refractivity contribution is -0.134. The highest BCUT2D eigenvalue weighted by Crippen LogP contribution is 2.42. The molecule has 212 valence electrons. The molecule has 6 rings (SSSR count). The molecule has 0 radical (unpaired) electrons. The fraction of sp³-hybridized carbons (Fsp3) is 0.733. The molecule has 5 atom stereocenters. The van der Waals surface area contributed by atoms with E-state index in [9.17, 15) is 4.79 Å². The van der Waals surface area contributed by atoms with Crippen LogP contribution in [0, 0.1) is 17.8 Å². The lowest BCUT2D eigenvalue weighted by Gasteiger charge is -2.47. The Morgan fingerprint density at radius 1 is 1.00 bits per heavy atom. The molecule has 2 saturated heterocycles. The molecule has 39 heavy (non-hydrogen) atoms. The van der Waals surface area contributed by atoms with Gasteiger partial charge in [0.2, 0.25) is 5.91 Å². The van der Waals surface area contributed by atoms with Gasteiger partial charge in [0.15, 0.2) is 5.82 Å². The van der Waals surface area contributed by atoms with Crippen molar-refractivity contribution in [3.63, 3.8) is 0 Å². The first kappa shape index (κ1) is 26.7. The van der Waals surface area contributed by atoms with Gasteiger partial charge in [-0.25, -0.2) is 4.68 Å². The molecule has 1 N–H and O–H groups in total. The minimum Gasteiger partial charge on any atom is -0.497 e. The maximum Gasteiger partial charge on any atom is 0.225 e. The van der Waals surface area contributed by atoms with Crippen molar-refractivity contribution in [3.05, 3.63) is 35.7 Å². The number of piperidine rings is 1. The number of carbonyl (C=O) groups excluding carboxylic acids is 1. The molecule has 4 aliphatic rings. The summed E-state index contributed by atoms with van der Waals surface area (Å²) in [7, 11) is 1.68. The highest BCUT2D eigenvalue weighted by atomic mass is 16.5. The molecule has 9 heteroatoms. The molecule has 1 amide bonds. The molecule has 4 fully saturated rings. The second-order valence-electron chi connectivity index (χ2n) is 12.5. The number of benzene rings is 1. The molecule has 2 aromatic rings. The topological polar surface area (TPSA) is 88.4 Å². The Labute approximate surface area is 232 Å². The van der Waals surface area contributed by atoms with Crippen LogP contribution in [-0.2, 0) is 11.3 Å². The Morgan fingerprint density at radius 3 is 2.51 bits per heavy atom. The number of nitrogens with zero attached hydrogens (tertiary/aromatic N) is 6. The van der Waals surface area contributed by atoms with Gasteiger partial charge in [0.1, 0.15) is 5.75 Å². The number of methoxy groups -OCH3 is 1. The Hall–Kier alpha value is -2.52. The molecule has 9 nitrogen and oxygen atoms in total. The third-order valence-electron chi connectivity index (χ3n) is 10.00. The summed E-state index contributed by atoms with van der Waals surface area (Å²) in [6.45, 7) is 6.94. The summed E-state index contributed by atoms with van der Waals surface area (Å²) in [5, 5.41) is 16.6. The standard InChI is InChI=1S/C30H45N7O2/c1-21-8-13-27-23(18-21)19-26(30(38)31-27)28(36-16-14-35(15-17-36)24-6-4-3-5-7-24)29-32-33-34-37(29)20-22-9-11-25(39-2)12-10-22/h9-12,21,23-24,26-28H,3-8,13-20H2,1-2H3,(H,31,38)/t21?,23?,26?,27?,28-/m0/s1. The predicted molar refractivity (Wildman–Crippen MR) is 149 cm³/mol. The van der Waals surface area contributed by atoms with Crippen molar-refractivity contribution in [2.24, 2.45) is 17.8 Å². The molecular formula is C30H45N7O2. The van der Waals surface area contributed by atoms with Crippen molar-refractivity contribution in [3.8, 4) is 5.75 Å². The van der Waals surface area contributed by atoms with Gasteiger partial charge in [0, 0.05) is 38.3 Å². The van der Waals surface area contributed by atoms with Gasteiger partial charge in [-0.2, -0.15) is 0 Å². The second kappa shape index (κ2) is 11.9. The zero-order valence-corrected chi connectivity index (χ0v) is 23.7. The average Bonchev–Trinajstić information content (AvgIpc) is 3.42. The summed E-state index contributed by atoms with van der Waals surface area (Å²) in [5.41, 5.74) is 1.11. The highest BCUT2D eigenvalue weighted by molar-refractivity contribution is 5.80. The van der Waals surface area contributed by atoms with E-state index >= 15 is 0 Å². The highest BCUT2D eigenvalue weighted by Gasteiger charge is 2.46. The average molecular weight is 536 g/mol. The first-order valence-electron chi connectivity index (χ1n) is 15.3. The third-order valence-corrected chi connectivity index (χ3v) is 10.00.